The summed E-state index contributed by atoms with van der Waals surface area (Å²) in [6.07, 6.45) is 1.83. The van der Waals surface area contributed by atoms with Crippen molar-refractivity contribution in [2.75, 3.05) is 13.2 Å². The lowest BCUT2D eigenvalue weighted by atomic mass is 9.71. The van der Waals surface area contributed by atoms with E-state index in [1.807, 2.05) is 0 Å². The quantitative estimate of drug-likeness (QED) is 0.473. The number of hydrogen-bond donors (Lipinski definition) is 3. The molecule has 1 unspecified atom stereocenters. The van der Waals surface area contributed by atoms with E-state index in [1.54, 1.807) is 6.92 Å². The van der Waals surface area contributed by atoms with Gasteiger partial charge in [0.05, 0.1) is 24.2 Å². The normalized spacial score (nSPS) is 34.0. The molecule has 3 aliphatic rings. The van der Waals surface area contributed by atoms with Crippen LogP contribution in [0.3, 0.4) is 0 Å². The number of nitrogens with zero attached hydrogens (tertiary/aromatic N) is 1. The summed E-state index contributed by atoms with van der Waals surface area (Å²) in [6.45, 7) is 1.97. The number of carbonyl (C=O) groups is 2. The average molecular weight is 325 g/mol. The van der Waals surface area contributed by atoms with Crippen LogP contribution in [0.5, 0.6) is 0 Å². The number of hydrogen-bond acceptors (Lipinski definition) is 5. The van der Waals surface area contributed by atoms with Gasteiger partial charge >= 0.3 is 5.97 Å². The molecule has 7 nitrogen and oxygen atoms in total. The molecule has 7 heteroatoms. The molecular formula is C16H23NO6. The fraction of sp³-hybridized carbons (Fsp3) is 0.750. The van der Waals surface area contributed by atoms with Crippen molar-refractivity contribution in [2.45, 2.75) is 50.9 Å². The van der Waals surface area contributed by atoms with Crippen molar-refractivity contribution in [3.63, 3.8) is 0 Å². The van der Waals surface area contributed by atoms with Gasteiger partial charge in [-0.25, -0.2) is 4.79 Å². The van der Waals surface area contributed by atoms with Gasteiger partial charge in [-0.05, 0) is 38.2 Å². The molecule has 3 N–H and O–H groups in total. The second kappa shape index (κ2) is 6.22. The van der Waals surface area contributed by atoms with Crippen LogP contribution in [0.25, 0.3) is 0 Å². The molecule has 0 aromatic carbocycles. The lowest BCUT2D eigenvalue weighted by molar-refractivity contribution is -0.163. The molecule has 2 aliphatic heterocycles. The zero-order chi connectivity index (χ0) is 16.7. The molecule has 0 spiro atoms. The van der Waals surface area contributed by atoms with Crippen molar-refractivity contribution in [1.82, 2.24) is 4.90 Å². The maximum absolute atomic E-state index is 12.3. The molecule has 0 aromatic heterocycles. The van der Waals surface area contributed by atoms with Crippen LogP contribution in [0.4, 0.5) is 0 Å². The second-order valence-electron chi connectivity index (χ2n) is 6.55. The Hall–Kier alpha value is -1.44. The standard InChI is InChI=1S/C16H23NO6/c1-8(19)11-13-9-4-2-5-10(23-7-3-6-18)12(9)14(16(21)22)17(13)15(11)20/h8-11,13,18-19H,2-7H2,1H3,(H,21,22)/t8?,9-,10-,11+,13+/m0/s1. The highest BCUT2D eigenvalue weighted by Crippen LogP contribution is 2.52. The number of aliphatic hydroxyl groups excluding tert-OH is 2. The first-order chi connectivity index (χ1) is 11.0. The highest BCUT2D eigenvalue weighted by Gasteiger charge is 2.62. The summed E-state index contributed by atoms with van der Waals surface area (Å²) in [5.74, 6) is -1.99. The molecule has 0 aromatic rings. The minimum atomic E-state index is -1.11. The third kappa shape index (κ3) is 2.47. The molecule has 0 radical (unpaired) electrons. The number of carboxylic acid groups (broad SMARTS) is 1. The van der Waals surface area contributed by atoms with Gasteiger partial charge in [0.15, 0.2) is 0 Å². The van der Waals surface area contributed by atoms with Crippen LogP contribution in [0, 0.1) is 11.8 Å². The monoisotopic (exact) mass is 325 g/mol. The number of amides is 1. The average Bonchev–Trinajstić information content (AvgIpc) is 2.79. The highest BCUT2D eigenvalue weighted by molar-refractivity contribution is 6.00. The fourth-order valence-electron chi connectivity index (χ4n) is 4.30. The number of carbonyl (C=O) groups excluding carboxylic acids is 1. The van der Waals surface area contributed by atoms with Gasteiger partial charge in [0.1, 0.15) is 5.70 Å². The van der Waals surface area contributed by atoms with Crippen molar-refractivity contribution >= 4 is 11.9 Å². The van der Waals surface area contributed by atoms with Crippen molar-refractivity contribution in [3.05, 3.63) is 11.3 Å². The van der Waals surface area contributed by atoms with E-state index in [0.717, 1.165) is 19.3 Å². The predicted molar refractivity (Wildman–Crippen MR) is 79.3 cm³/mol. The first-order valence-corrected chi connectivity index (χ1v) is 8.20. The molecular weight excluding hydrogens is 302 g/mol. The molecule has 0 bridgehead atoms. The Balaban J connectivity index is 1.91. The maximum Gasteiger partial charge on any atom is 0.352 e. The number of β-lactam (4-membered cyclic amide) rings is 1. The number of aliphatic carboxylic acids is 1. The van der Waals surface area contributed by atoms with Crippen molar-refractivity contribution in [3.8, 4) is 0 Å². The van der Waals surface area contributed by atoms with Crippen LogP contribution in [0.2, 0.25) is 0 Å². The van der Waals surface area contributed by atoms with Gasteiger partial charge in [0.2, 0.25) is 5.91 Å². The van der Waals surface area contributed by atoms with Crippen molar-refractivity contribution < 1.29 is 29.6 Å². The van der Waals surface area contributed by atoms with E-state index >= 15 is 0 Å². The Kier molecular flexibility index (Phi) is 4.44. The molecule has 1 amide bonds. The molecule has 23 heavy (non-hydrogen) atoms. The van der Waals surface area contributed by atoms with Crippen LogP contribution in [0.1, 0.15) is 32.6 Å². The van der Waals surface area contributed by atoms with Gasteiger partial charge in [-0.1, -0.05) is 0 Å². The molecule has 1 saturated carbocycles. The van der Waals surface area contributed by atoms with E-state index in [-0.39, 0.29) is 36.3 Å². The summed E-state index contributed by atoms with van der Waals surface area (Å²) in [5.41, 5.74) is 0.749. The van der Waals surface area contributed by atoms with E-state index in [2.05, 4.69) is 0 Å². The Bertz CT molecular complexity index is 543. The third-order valence-corrected chi connectivity index (χ3v) is 5.19. The van der Waals surface area contributed by atoms with E-state index < -0.39 is 18.0 Å². The van der Waals surface area contributed by atoms with Gasteiger partial charge in [-0.2, -0.15) is 0 Å². The molecule has 1 aliphatic carbocycles. The first kappa shape index (κ1) is 16.4. The van der Waals surface area contributed by atoms with Crippen LogP contribution < -0.4 is 0 Å². The van der Waals surface area contributed by atoms with Crippen LogP contribution in [-0.2, 0) is 14.3 Å². The van der Waals surface area contributed by atoms with Gasteiger partial charge in [0.25, 0.3) is 0 Å². The van der Waals surface area contributed by atoms with Crippen LogP contribution in [-0.4, -0.2) is 63.6 Å². The largest absolute Gasteiger partial charge is 0.477 e. The molecule has 1 saturated heterocycles. The van der Waals surface area contributed by atoms with Gasteiger partial charge < -0.3 is 25.0 Å². The van der Waals surface area contributed by atoms with E-state index in [9.17, 15) is 19.8 Å². The number of fused-ring (bicyclic) bond motifs is 3. The lowest BCUT2D eigenvalue weighted by Crippen LogP contribution is -2.64. The summed E-state index contributed by atoms with van der Waals surface area (Å²) in [5, 5.41) is 28.3. The number of rotatable bonds is 6. The number of carboxylic acids is 1. The Labute approximate surface area is 134 Å². The molecule has 3 rings (SSSR count). The maximum atomic E-state index is 12.3. The highest BCUT2D eigenvalue weighted by atomic mass is 16.5. The molecule has 128 valence electrons. The summed E-state index contributed by atoms with van der Waals surface area (Å²) >= 11 is 0. The van der Waals surface area contributed by atoms with Crippen molar-refractivity contribution in [1.29, 1.82) is 0 Å². The smallest absolute Gasteiger partial charge is 0.352 e. The Morgan fingerprint density at radius 3 is 2.78 bits per heavy atom. The number of ether oxygens (including phenoxy) is 1. The van der Waals surface area contributed by atoms with Gasteiger partial charge in [0, 0.05) is 19.1 Å². The first-order valence-electron chi connectivity index (χ1n) is 8.20. The van der Waals surface area contributed by atoms with E-state index in [0.29, 0.717) is 18.6 Å². The topological polar surface area (TPSA) is 107 Å². The zero-order valence-electron chi connectivity index (χ0n) is 13.1. The SMILES string of the molecule is CC(O)[C@H]1C(=O)N2C(C(=O)O)=C3[C@@H](OCCCO)CCC[C@@H]3[C@H]12. The van der Waals surface area contributed by atoms with E-state index in [4.69, 9.17) is 9.84 Å². The molecule has 5 atom stereocenters. The number of aliphatic hydroxyl groups is 2. The predicted octanol–water partition coefficient (Wildman–Crippen LogP) is 0.114. The van der Waals surface area contributed by atoms with Gasteiger partial charge in [-0.3, -0.25) is 4.79 Å². The Morgan fingerprint density at radius 2 is 2.17 bits per heavy atom. The second-order valence-corrected chi connectivity index (χ2v) is 6.55. The van der Waals surface area contributed by atoms with Gasteiger partial charge in [-0.15, -0.1) is 0 Å². The fourth-order valence-corrected chi connectivity index (χ4v) is 4.30. The molecule has 2 heterocycles. The minimum absolute atomic E-state index is 0.0261. The summed E-state index contributed by atoms with van der Waals surface area (Å²) in [4.78, 5) is 25.4. The van der Waals surface area contributed by atoms with Crippen LogP contribution in [0.15, 0.2) is 11.3 Å². The summed E-state index contributed by atoms with van der Waals surface area (Å²) in [7, 11) is 0. The summed E-state index contributed by atoms with van der Waals surface area (Å²) < 4.78 is 5.79. The van der Waals surface area contributed by atoms with Crippen molar-refractivity contribution in [2.24, 2.45) is 11.8 Å². The Morgan fingerprint density at radius 1 is 1.43 bits per heavy atom. The van der Waals surface area contributed by atoms with E-state index in [1.165, 1.54) is 4.90 Å². The summed E-state index contributed by atoms with van der Waals surface area (Å²) in [6, 6.07) is -0.257. The lowest BCUT2D eigenvalue weighted by Gasteiger charge is -2.47. The van der Waals surface area contributed by atoms with Crippen LogP contribution >= 0.6 is 0 Å². The molecule has 2 fully saturated rings. The zero-order valence-corrected chi connectivity index (χ0v) is 13.1. The minimum Gasteiger partial charge on any atom is -0.477 e. The third-order valence-electron chi connectivity index (χ3n) is 5.19.